The molecule has 0 aromatic heterocycles. The van der Waals surface area contributed by atoms with E-state index in [0.717, 1.165) is 12.0 Å². The zero-order valence-corrected chi connectivity index (χ0v) is 9.66. The fraction of sp³-hybridized carbons (Fsp3) is 0.417. The van der Waals surface area contributed by atoms with Gasteiger partial charge in [-0.3, -0.25) is 0 Å². The summed E-state index contributed by atoms with van der Waals surface area (Å²) in [6.07, 6.45) is 0.747. The number of rotatable bonds is 4. The first kappa shape index (κ1) is 12.4. The van der Waals surface area contributed by atoms with Gasteiger partial charge >= 0.3 is 6.03 Å². The van der Waals surface area contributed by atoms with E-state index in [9.17, 15) is 4.79 Å². The number of hydrogen-bond acceptors (Lipinski definition) is 2. The Kier molecular flexibility index (Phi) is 4.64. The average Bonchev–Trinajstić information content (AvgIpc) is 2.21. The quantitative estimate of drug-likeness (QED) is 0.725. The summed E-state index contributed by atoms with van der Waals surface area (Å²) in [4.78, 5) is 11.2. The summed E-state index contributed by atoms with van der Waals surface area (Å²) < 4.78 is 0. The van der Waals surface area contributed by atoms with Crippen LogP contribution in [0.1, 0.15) is 19.4 Å². The smallest absolute Gasteiger partial charge is 0.314 e. The van der Waals surface area contributed by atoms with Crippen molar-refractivity contribution in [2.75, 3.05) is 6.54 Å². The number of carbonyl (C=O) groups excluding carboxylic acids is 1. The van der Waals surface area contributed by atoms with Gasteiger partial charge in [0.2, 0.25) is 0 Å². The molecule has 0 aliphatic rings. The van der Waals surface area contributed by atoms with E-state index in [0.29, 0.717) is 6.54 Å². The van der Waals surface area contributed by atoms with Crippen LogP contribution in [0.3, 0.4) is 0 Å². The van der Waals surface area contributed by atoms with Crippen molar-refractivity contribution in [2.24, 2.45) is 0 Å². The minimum absolute atomic E-state index is 0.0658. The highest BCUT2D eigenvalue weighted by atomic mass is 16.3. The Bertz CT molecular complexity index is 335. The van der Waals surface area contributed by atoms with Gasteiger partial charge in [0.25, 0.3) is 0 Å². The summed E-state index contributed by atoms with van der Waals surface area (Å²) in [6, 6.07) is 6.92. The lowest BCUT2D eigenvalue weighted by Gasteiger charge is -2.14. The van der Waals surface area contributed by atoms with Gasteiger partial charge < -0.3 is 15.7 Å². The molecule has 88 valence electrons. The molecule has 3 N–H and O–H groups in total. The van der Waals surface area contributed by atoms with Crippen molar-refractivity contribution in [3.8, 4) is 5.75 Å². The Hall–Kier alpha value is -1.71. The molecule has 0 radical (unpaired) electrons. The second-order valence-corrected chi connectivity index (χ2v) is 3.78. The topological polar surface area (TPSA) is 61.4 Å². The van der Waals surface area contributed by atoms with E-state index in [1.54, 1.807) is 12.1 Å². The lowest BCUT2D eigenvalue weighted by atomic mass is 10.1. The van der Waals surface area contributed by atoms with Crippen LogP contribution in [0.4, 0.5) is 4.79 Å². The first-order valence-corrected chi connectivity index (χ1v) is 5.44. The van der Waals surface area contributed by atoms with Gasteiger partial charge in [-0.15, -0.1) is 0 Å². The first-order valence-electron chi connectivity index (χ1n) is 5.44. The van der Waals surface area contributed by atoms with Gasteiger partial charge in [0.15, 0.2) is 0 Å². The van der Waals surface area contributed by atoms with Crippen molar-refractivity contribution in [2.45, 2.75) is 26.3 Å². The lowest BCUT2D eigenvalue weighted by Crippen LogP contribution is -2.41. The lowest BCUT2D eigenvalue weighted by molar-refractivity contribution is 0.238. The van der Waals surface area contributed by atoms with Crippen LogP contribution in [0, 0.1) is 0 Å². The number of carbonyl (C=O) groups is 1. The zero-order chi connectivity index (χ0) is 12.0. The third-order valence-corrected chi connectivity index (χ3v) is 2.19. The van der Waals surface area contributed by atoms with Gasteiger partial charge in [-0.1, -0.05) is 12.1 Å². The van der Waals surface area contributed by atoms with E-state index in [1.807, 2.05) is 26.0 Å². The fourth-order valence-corrected chi connectivity index (χ4v) is 1.47. The molecule has 0 saturated carbocycles. The number of nitrogens with one attached hydrogen (secondary N) is 2. The van der Waals surface area contributed by atoms with E-state index in [2.05, 4.69) is 10.6 Å². The minimum atomic E-state index is -0.145. The van der Waals surface area contributed by atoms with Gasteiger partial charge in [0, 0.05) is 12.6 Å². The van der Waals surface area contributed by atoms with Crippen LogP contribution < -0.4 is 10.6 Å². The number of amides is 2. The van der Waals surface area contributed by atoms with Crippen molar-refractivity contribution in [1.82, 2.24) is 10.6 Å². The number of aromatic hydroxyl groups is 1. The van der Waals surface area contributed by atoms with E-state index < -0.39 is 0 Å². The zero-order valence-electron chi connectivity index (χ0n) is 9.66. The maximum atomic E-state index is 11.2. The molecule has 2 amide bonds. The van der Waals surface area contributed by atoms with Crippen molar-refractivity contribution in [3.05, 3.63) is 29.8 Å². The second kappa shape index (κ2) is 6.00. The molecule has 0 aliphatic heterocycles. The number of phenolic OH excluding ortho intramolecular Hbond substituents is 1. The largest absolute Gasteiger partial charge is 0.508 e. The Labute approximate surface area is 95.7 Å². The van der Waals surface area contributed by atoms with E-state index >= 15 is 0 Å². The standard InChI is InChI=1S/C12H18N2O2/c1-3-13-12(16)14-9(2)8-10-4-6-11(15)7-5-10/h4-7,9,15H,3,8H2,1-2H3,(H2,13,14,16)/t9-/m1/s1. The van der Waals surface area contributed by atoms with Crippen molar-refractivity contribution in [1.29, 1.82) is 0 Å². The maximum absolute atomic E-state index is 11.2. The Morgan fingerprint density at radius 1 is 1.38 bits per heavy atom. The summed E-state index contributed by atoms with van der Waals surface area (Å²) >= 11 is 0. The number of phenols is 1. The number of benzene rings is 1. The van der Waals surface area contributed by atoms with Crippen molar-refractivity contribution in [3.63, 3.8) is 0 Å². The fourth-order valence-electron chi connectivity index (χ4n) is 1.47. The summed E-state index contributed by atoms with van der Waals surface area (Å²) in [7, 11) is 0. The Morgan fingerprint density at radius 3 is 2.56 bits per heavy atom. The summed E-state index contributed by atoms with van der Waals surface area (Å²) in [5, 5.41) is 14.6. The summed E-state index contributed by atoms with van der Waals surface area (Å²) in [5.74, 6) is 0.257. The molecule has 0 heterocycles. The van der Waals surface area contributed by atoms with Gasteiger partial charge in [0.05, 0.1) is 0 Å². The normalized spacial score (nSPS) is 11.9. The monoisotopic (exact) mass is 222 g/mol. The van der Waals surface area contributed by atoms with Crippen LogP contribution >= 0.6 is 0 Å². The highest BCUT2D eigenvalue weighted by Crippen LogP contribution is 2.11. The highest BCUT2D eigenvalue weighted by Gasteiger charge is 2.06. The molecule has 0 aliphatic carbocycles. The van der Waals surface area contributed by atoms with Crippen LogP contribution in [0.25, 0.3) is 0 Å². The number of urea groups is 1. The van der Waals surface area contributed by atoms with Crippen molar-refractivity contribution >= 4 is 6.03 Å². The molecule has 0 bridgehead atoms. The predicted octanol–water partition coefficient (Wildman–Crippen LogP) is 1.64. The Balaban J connectivity index is 2.42. The third kappa shape index (κ3) is 4.21. The van der Waals surface area contributed by atoms with Gasteiger partial charge in [-0.05, 0) is 38.0 Å². The van der Waals surface area contributed by atoms with Crippen molar-refractivity contribution < 1.29 is 9.90 Å². The first-order chi connectivity index (χ1) is 7.61. The van der Waals surface area contributed by atoms with Gasteiger partial charge in [0.1, 0.15) is 5.75 Å². The molecule has 4 nitrogen and oxygen atoms in total. The van der Waals surface area contributed by atoms with Crippen LogP contribution in [-0.4, -0.2) is 23.7 Å². The van der Waals surface area contributed by atoms with E-state index in [1.165, 1.54) is 0 Å². The van der Waals surface area contributed by atoms with Crippen LogP contribution in [0.15, 0.2) is 24.3 Å². The molecule has 0 spiro atoms. The molecule has 0 saturated heterocycles. The third-order valence-electron chi connectivity index (χ3n) is 2.19. The molecule has 1 atom stereocenters. The van der Waals surface area contributed by atoms with Crippen LogP contribution in [0.5, 0.6) is 5.75 Å². The molecule has 1 rings (SSSR count). The molecule has 1 aromatic carbocycles. The average molecular weight is 222 g/mol. The highest BCUT2D eigenvalue weighted by molar-refractivity contribution is 5.74. The summed E-state index contributed by atoms with van der Waals surface area (Å²) in [6.45, 7) is 4.45. The number of hydrogen-bond donors (Lipinski definition) is 3. The molecular weight excluding hydrogens is 204 g/mol. The SMILES string of the molecule is CCNC(=O)N[C@H](C)Cc1ccc(O)cc1. The second-order valence-electron chi connectivity index (χ2n) is 3.78. The Morgan fingerprint density at radius 2 is 2.00 bits per heavy atom. The molecule has 16 heavy (non-hydrogen) atoms. The predicted molar refractivity (Wildman–Crippen MR) is 63.5 cm³/mol. The molecule has 0 unspecified atom stereocenters. The maximum Gasteiger partial charge on any atom is 0.314 e. The molecule has 4 heteroatoms. The van der Waals surface area contributed by atoms with Gasteiger partial charge in [-0.25, -0.2) is 4.79 Å². The van der Waals surface area contributed by atoms with E-state index in [-0.39, 0.29) is 17.8 Å². The van der Waals surface area contributed by atoms with E-state index in [4.69, 9.17) is 5.11 Å². The van der Waals surface area contributed by atoms with Crippen LogP contribution in [-0.2, 0) is 6.42 Å². The molecule has 0 fully saturated rings. The summed E-state index contributed by atoms with van der Waals surface area (Å²) in [5.41, 5.74) is 1.09. The minimum Gasteiger partial charge on any atom is -0.508 e. The molecule has 1 aromatic rings. The molecular formula is C12H18N2O2. The van der Waals surface area contributed by atoms with Gasteiger partial charge in [-0.2, -0.15) is 0 Å². The van der Waals surface area contributed by atoms with Crippen LogP contribution in [0.2, 0.25) is 0 Å².